The first-order valence-electron chi connectivity index (χ1n) is 5.75. The number of carbonyl (C=O) groups excluding carboxylic acids is 1. The smallest absolute Gasteiger partial charge is 0.337 e. The van der Waals surface area contributed by atoms with E-state index in [4.69, 9.17) is 4.74 Å². The molecule has 0 spiro atoms. The minimum Gasteiger partial charge on any atom is -0.770 e. The highest BCUT2D eigenvalue weighted by Crippen LogP contribution is 2.19. The molecule has 1 aliphatic rings. The van der Waals surface area contributed by atoms with Crippen LogP contribution in [0.15, 0.2) is 24.3 Å². The number of ether oxygens (including phenoxy) is 2. The maximum Gasteiger partial charge on any atom is 0.337 e. The number of morpholine rings is 1. The van der Waals surface area contributed by atoms with Crippen molar-refractivity contribution in [3.05, 3.63) is 29.8 Å². The van der Waals surface area contributed by atoms with Crippen molar-refractivity contribution in [2.75, 3.05) is 31.7 Å². The Morgan fingerprint density at radius 2 is 2.16 bits per heavy atom. The van der Waals surface area contributed by atoms with Gasteiger partial charge in [-0.05, 0) is 35.3 Å². The van der Waals surface area contributed by atoms with Gasteiger partial charge in [0.15, 0.2) is 0 Å². The summed E-state index contributed by atoms with van der Waals surface area (Å²) in [6, 6.07) is 6.84. The molecule has 1 fully saturated rings. The normalized spacial score (nSPS) is 20.9. The second-order valence-electron chi connectivity index (χ2n) is 4.05. The number of methoxy groups -OCH3 is 1. The van der Waals surface area contributed by atoms with Crippen LogP contribution in [0.2, 0.25) is 0 Å². The molecule has 0 aromatic heterocycles. The van der Waals surface area contributed by atoms with Crippen molar-refractivity contribution >= 4 is 22.7 Å². The number of nitrogens with zero attached hydrogens (tertiary/aromatic N) is 1. The third-order valence-corrected chi connectivity index (χ3v) is 3.62. The molecule has 0 radical (unpaired) electrons. The number of esters is 1. The molecule has 7 heteroatoms. The van der Waals surface area contributed by atoms with Crippen molar-refractivity contribution < 1.29 is 23.0 Å². The minimum atomic E-state index is -2.25. The topological polar surface area (TPSA) is 78.9 Å². The van der Waals surface area contributed by atoms with Crippen molar-refractivity contribution in [1.82, 2.24) is 0 Å². The summed E-state index contributed by atoms with van der Waals surface area (Å²) in [5.41, 5.74) is 0.504. The molecule has 2 rings (SSSR count). The number of hydrogen-bond donors (Lipinski definition) is 0. The minimum absolute atomic E-state index is 0.285. The second kappa shape index (κ2) is 6.14. The summed E-state index contributed by atoms with van der Waals surface area (Å²) in [5, 5.41) is 0. The summed E-state index contributed by atoms with van der Waals surface area (Å²) in [4.78, 5) is 13.2. The van der Waals surface area contributed by atoms with Gasteiger partial charge in [0.1, 0.15) is 5.44 Å². The fraction of sp³-hybridized carbons (Fsp3) is 0.417. The van der Waals surface area contributed by atoms with E-state index >= 15 is 0 Å². The lowest BCUT2D eigenvalue weighted by molar-refractivity contribution is 0.0600. The van der Waals surface area contributed by atoms with Crippen LogP contribution in [0.25, 0.3) is 0 Å². The zero-order valence-electron chi connectivity index (χ0n) is 10.4. The number of rotatable bonds is 3. The Hall–Kier alpha value is -1.44. The Balaban J connectivity index is 2.09. The molecule has 104 valence electrons. The molecule has 0 amide bonds. The predicted octanol–water partition coefficient (Wildman–Crippen LogP) is 0.515. The van der Waals surface area contributed by atoms with Gasteiger partial charge in [0, 0.05) is 12.2 Å². The Bertz CT molecular complexity index is 476. The first-order valence-corrected chi connectivity index (χ1v) is 6.88. The Labute approximate surface area is 113 Å². The molecule has 19 heavy (non-hydrogen) atoms. The lowest BCUT2D eigenvalue weighted by Crippen LogP contribution is -2.44. The average Bonchev–Trinajstić information content (AvgIpc) is 2.46. The van der Waals surface area contributed by atoms with Crippen LogP contribution in [0.1, 0.15) is 10.4 Å². The van der Waals surface area contributed by atoms with Gasteiger partial charge in [0.05, 0.1) is 25.8 Å². The zero-order chi connectivity index (χ0) is 13.8. The van der Waals surface area contributed by atoms with E-state index in [0.29, 0.717) is 18.7 Å². The fourth-order valence-electron chi connectivity index (χ4n) is 1.90. The molecule has 2 atom stereocenters. The average molecular weight is 284 g/mol. The summed E-state index contributed by atoms with van der Waals surface area (Å²) in [5.74, 6) is -0.396. The third-order valence-electron chi connectivity index (χ3n) is 2.90. The SMILES string of the molecule is COC(=O)c1ccc(N2CCO[C@H](S(=O)[O-])C2)cc1. The first-order chi connectivity index (χ1) is 9.11. The van der Waals surface area contributed by atoms with Gasteiger partial charge in [-0.1, -0.05) is 0 Å². The molecular weight excluding hydrogens is 270 g/mol. The molecule has 1 aliphatic heterocycles. The number of benzene rings is 1. The molecule has 1 unspecified atom stereocenters. The molecule has 0 aliphatic carbocycles. The first kappa shape index (κ1) is 14.0. The van der Waals surface area contributed by atoms with Crippen LogP contribution in [-0.2, 0) is 20.6 Å². The van der Waals surface area contributed by atoms with Crippen molar-refractivity contribution in [1.29, 1.82) is 0 Å². The Morgan fingerprint density at radius 3 is 2.74 bits per heavy atom. The molecule has 0 saturated carbocycles. The van der Waals surface area contributed by atoms with Crippen LogP contribution in [0.3, 0.4) is 0 Å². The Kier molecular flexibility index (Phi) is 4.52. The number of hydrogen-bond acceptors (Lipinski definition) is 6. The van der Waals surface area contributed by atoms with Gasteiger partial charge in [-0.3, -0.25) is 4.21 Å². The van der Waals surface area contributed by atoms with Crippen LogP contribution >= 0.6 is 0 Å². The van der Waals surface area contributed by atoms with E-state index in [1.54, 1.807) is 24.3 Å². The van der Waals surface area contributed by atoms with Gasteiger partial charge < -0.3 is 18.9 Å². The van der Waals surface area contributed by atoms with Crippen LogP contribution in [0.4, 0.5) is 5.69 Å². The fourth-order valence-corrected chi connectivity index (χ4v) is 2.40. The standard InChI is InChI=1S/C12H15NO5S/c1-17-12(14)9-2-4-10(5-3-9)13-6-7-18-11(8-13)19(15)16/h2-5,11H,6-8H2,1H3,(H,15,16)/p-1/t11-/m1/s1. The van der Waals surface area contributed by atoms with Crippen LogP contribution in [-0.4, -0.2) is 47.0 Å². The summed E-state index contributed by atoms with van der Waals surface area (Å²) in [6.45, 7) is 1.26. The van der Waals surface area contributed by atoms with Gasteiger partial charge in [-0.2, -0.15) is 0 Å². The Morgan fingerprint density at radius 1 is 1.47 bits per heavy atom. The largest absolute Gasteiger partial charge is 0.770 e. The van der Waals surface area contributed by atoms with E-state index in [1.807, 2.05) is 4.90 Å². The van der Waals surface area contributed by atoms with Crippen molar-refractivity contribution in [2.45, 2.75) is 5.44 Å². The van der Waals surface area contributed by atoms with E-state index < -0.39 is 22.5 Å². The van der Waals surface area contributed by atoms with Crippen LogP contribution < -0.4 is 4.90 Å². The summed E-state index contributed by atoms with van der Waals surface area (Å²) >= 11 is -2.25. The van der Waals surface area contributed by atoms with Crippen molar-refractivity contribution in [2.24, 2.45) is 0 Å². The highest BCUT2D eigenvalue weighted by atomic mass is 32.2. The van der Waals surface area contributed by atoms with E-state index in [0.717, 1.165) is 5.69 Å². The zero-order valence-corrected chi connectivity index (χ0v) is 11.2. The molecule has 1 aromatic carbocycles. The number of carbonyl (C=O) groups is 1. The molecule has 6 nitrogen and oxygen atoms in total. The van der Waals surface area contributed by atoms with Crippen molar-refractivity contribution in [3.63, 3.8) is 0 Å². The summed E-state index contributed by atoms with van der Waals surface area (Å²) in [6.07, 6.45) is 0. The lowest BCUT2D eigenvalue weighted by atomic mass is 10.2. The van der Waals surface area contributed by atoms with Gasteiger partial charge in [0.2, 0.25) is 0 Å². The molecule has 1 aromatic rings. The molecule has 1 saturated heterocycles. The summed E-state index contributed by atoms with van der Waals surface area (Å²) in [7, 11) is 1.33. The quantitative estimate of drug-likeness (QED) is 0.594. The van der Waals surface area contributed by atoms with E-state index in [2.05, 4.69) is 4.74 Å². The van der Waals surface area contributed by atoms with Gasteiger partial charge in [-0.15, -0.1) is 0 Å². The summed E-state index contributed by atoms with van der Waals surface area (Å²) < 4.78 is 31.6. The number of anilines is 1. The molecular formula is C12H14NO5S-. The molecule has 0 bridgehead atoms. The van der Waals surface area contributed by atoms with E-state index in [9.17, 15) is 13.6 Å². The van der Waals surface area contributed by atoms with Crippen LogP contribution in [0.5, 0.6) is 0 Å². The third kappa shape index (κ3) is 3.31. The predicted molar refractivity (Wildman–Crippen MR) is 68.7 cm³/mol. The maximum atomic E-state index is 11.3. The molecule has 0 N–H and O–H groups in total. The highest BCUT2D eigenvalue weighted by Gasteiger charge is 2.21. The second-order valence-corrected chi connectivity index (χ2v) is 5.09. The van der Waals surface area contributed by atoms with Crippen LogP contribution in [0, 0.1) is 0 Å². The monoisotopic (exact) mass is 284 g/mol. The van der Waals surface area contributed by atoms with Crippen molar-refractivity contribution in [3.8, 4) is 0 Å². The van der Waals surface area contributed by atoms with Gasteiger partial charge in [-0.25, -0.2) is 4.79 Å². The van der Waals surface area contributed by atoms with E-state index in [-0.39, 0.29) is 6.54 Å². The maximum absolute atomic E-state index is 11.3. The van der Waals surface area contributed by atoms with E-state index in [1.165, 1.54) is 7.11 Å². The highest BCUT2D eigenvalue weighted by molar-refractivity contribution is 7.79. The van der Waals surface area contributed by atoms with Gasteiger partial charge >= 0.3 is 5.97 Å². The van der Waals surface area contributed by atoms with Gasteiger partial charge in [0.25, 0.3) is 0 Å². The molecule has 1 heterocycles. The lowest BCUT2D eigenvalue weighted by Gasteiger charge is -2.35.